The second-order valence-corrected chi connectivity index (χ2v) is 18.9. The average Bonchev–Trinajstić information content (AvgIpc) is 3.85. The number of benzene rings is 12. The van der Waals surface area contributed by atoms with Gasteiger partial charge in [0.15, 0.2) is 5.82 Å². The fourth-order valence-corrected chi connectivity index (χ4v) is 11.1. The summed E-state index contributed by atoms with van der Waals surface area (Å²) in [6.07, 6.45) is 0. The van der Waals surface area contributed by atoms with Crippen molar-refractivity contribution in [2.24, 2.45) is 0 Å². The van der Waals surface area contributed by atoms with Crippen LogP contribution in [-0.2, 0) is 0 Å². The van der Waals surface area contributed by atoms with Crippen LogP contribution >= 0.6 is 0 Å². The summed E-state index contributed by atoms with van der Waals surface area (Å²) in [5, 5.41) is 9.92. The molecular formula is C72H51N3. The van der Waals surface area contributed by atoms with Gasteiger partial charge in [0.2, 0.25) is 0 Å². The maximum absolute atomic E-state index is 5.22. The fourth-order valence-electron chi connectivity index (χ4n) is 11.1. The Morgan fingerprint density at radius 2 is 0.693 bits per heavy atom. The SMILES string of the molecule is CC.c1ccc(-c2ccc(-c3cc(-c4cccc(-c5ccc6c(c5)c5ccccc5c5cccc(-c7ccc8c(c7)c7ccccc7n8-c7ccc(-c8ccccc8)cc7)c56)c4)nc(-c4ccccc4)n3)cc2)cc1. The fraction of sp³-hybridized carbons (Fsp3) is 0.0278. The van der Waals surface area contributed by atoms with E-state index in [1.54, 1.807) is 0 Å². The predicted molar refractivity (Wildman–Crippen MR) is 318 cm³/mol. The molecule has 12 aromatic carbocycles. The Labute approximate surface area is 437 Å². The van der Waals surface area contributed by atoms with Crippen molar-refractivity contribution in [1.29, 1.82) is 0 Å². The van der Waals surface area contributed by atoms with Gasteiger partial charge in [0.1, 0.15) is 0 Å². The van der Waals surface area contributed by atoms with Crippen LogP contribution in [0.2, 0.25) is 0 Å². The molecule has 3 nitrogen and oxygen atoms in total. The van der Waals surface area contributed by atoms with Crippen LogP contribution in [0.5, 0.6) is 0 Å². The highest BCUT2D eigenvalue weighted by molar-refractivity contribution is 6.29. The van der Waals surface area contributed by atoms with Crippen molar-refractivity contribution in [3.05, 3.63) is 273 Å². The molecular weight excluding hydrogens is 907 g/mol. The number of hydrogen-bond acceptors (Lipinski definition) is 2. The van der Waals surface area contributed by atoms with Gasteiger partial charge in [-0.05, 0) is 125 Å². The van der Waals surface area contributed by atoms with Gasteiger partial charge in [-0.3, -0.25) is 0 Å². The summed E-state index contributed by atoms with van der Waals surface area (Å²) < 4.78 is 2.41. The predicted octanol–water partition coefficient (Wildman–Crippen LogP) is 19.7. The lowest BCUT2D eigenvalue weighted by Crippen LogP contribution is -1.96. The summed E-state index contributed by atoms with van der Waals surface area (Å²) in [5.41, 5.74) is 17.8. The number of para-hydroxylation sites is 1. The summed E-state index contributed by atoms with van der Waals surface area (Å²) in [4.78, 5) is 10.4. The molecule has 14 aromatic rings. The Morgan fingerprint density at radius 3 is 1.39 bits per heavy atom. The zero-order valence-electron chi connectivity index (χ0n) is 41.8. The lowest BCUT2D eigenvalue weighted by molar-refractivity contribution is 1.18. The minimum Gasteiger partial charge on any atom is -0.309 e. The zero-order valence-corrected chi connectivity index (χ0v) is 41.8. The van der Waals surface area contributed by atoms with Gasteiger partial charge < -0.3 is 4.57 Å². The molecule has 0 radical (unpaired) electrons. The summed E-state index contributed by atoms with van der Waals surface area (Å²) in [6.45, 7) is 4.00. The molecule has 0 saturated carbocycles. The van der Waals surface area contributed by atoms with E-state index in [0.717, 1.165) is 44.9 Å². The molecule has 0 amide bonds. The molecule has 75 heavy (non-hydrogen) atoms. The van der Waals surface area contributed by atoms with Crippen LogP contribution < -0.4 is 0 Å². The number of nitrogens with zero attached hydrogens (tertiary/aromatic N) is 3. The highest BCUT2D eigenvalue weighted by Crippen LogP contribution is 2.44. The monoisotopic (exact) mass is 957 g/mol. The van der Waals surface area contributed by atoms with Crippen molar-refractivity contribution in [2.45, 2.75) is 13.8 Å². The van der Waals surface area contributed by atoms with E-state index in [9.17, 15) is 0 Å². The van der Waals surface area contributed by atoms with Crippen molar-refractivity contribution in [3.8, 4) is 84.1 Å². The van der Waals surface area contributed by atoms with Gasteiger partial charge >= 0.3 is 0 Å². The summed E-state index contributed by atoms with van der Waals surface area (Å²) >= 11 is 0. The molecule has 14 rings (SSSR count). The highest BCUT2D eigenvalue weighted by atomic mass is 15.0. The van der Waals surface area contributed by atoms with Gasteiger partial charge in [0, 0.05) is 33.2 Å². The van der Waals surface area contributed by atoms with Crippen LogP contribution in [0.3, 0.4) is 0 Å². The van der Waals surface area contributed by atoms with Gasteiger partial charge in [-0.15, -0.1) is 0 Å². The largest absolute Gasteiger partial charge is 0.309 e. The van der Waals surface area contributed by atoms with E-state index in [1.807, 2.05) is 32.0 Å². The van der Waals surface area contributed by atoms with Crippen molar-refractivity contribution in [3.63, 3.8) is 0 Å². The maximum atomic E-state index is 5.22. The zero-order chi connectivity index (χ0) is 50.2. The number of aromatic nitrogens is 3. The Balaban J connectivity index is 0.00000267. The minimum atomic E-state index is 0.698. The molecule has 0 aliphatic carbocycles. The maximum Gasteiger partial charge on any atom is 0.160 e. The molecule has 0 saturated heterocycles. The van der Waals surface area contributed by atoms with Crippen LogP contribution in [-0.4, -0.2) is 14.5 Å². The minimum absolute atomic E-state index is 0.698. The van der Waals surface area contributed by atoms with Gasteiger partial charge in [-0.2, -0.15) is 0 Å². The Kier molecular flexibility index (Phi) is 11.7. The van der Waals surface area contributed by atoms with E-state index in [2.05, 4.69) is 259 Å². The Hall–Kier alpha value is -9.70. The third-order valence-corrected chi connectivity index (χ3v) is 14.6. The molecule has 0 spiro atoms. The first-order chi connectivity index (χ1) is 37.2. The molecule has 354 valence electrons. The molecule has 0 unspecified atom stereocenters. The van der Waals surface area contributed by atoms with Gasteiger partial charge in [-0.1, -0.05) is 238 Å². The molecule has 0 bridgehead atoms. The van der Waals surface area contributed by atoms with E-state index in [1.165, 1.54) is 87.5 Å². The second kappa shape index (κ2) is 19.4. The highest BCUT2D eigenvalue weighted by Gasteiger charge is 2.18. The number of hydrogen-bond donors (Lipinski definition) is 0. The van der Waals surface area contributed by atoms with Crippen molar-refractivity contribution in [1.82, 2.24) is 14.5 Å². The smallest absolute Gasteiger partial charge is 0.160 e. The third-order valence-electron chi connectivity index (χ3n) is 14.6. The van der Waals surface area contributed by atoms with Gasteiger partial charge in [0.25, 0.3) is 0 Å². The molecule has 0 N–H and O–H groups in total. The van der Waals surface area contributed by atoms with Crippen molar-refractivity contribution >= 4 is 54.1 Å². The lowest BCUT2D eigenvalue weighted by Gasteiger charge is -2.16. The first-order valence-electron chi connectivity index (χ1n) is 26.0. The van der Waals surface area contributed by atoms with Crippen LogP contribution in [0.4, 0.5) is 0 Å². The summed E-state index contributed by atoms with van der Waals surface area (Å²) in [7, 11) is 0. The molecule has 0 fully saturated rings. The molecule has 2 aromatic heterocycles. The van der Waals surface area contributed by atoms with Crippen LogP contribution in [0.15, 0.2) is 273 Å². The summed E-state index contributed by atoms with van der Waals surface area (Å²) in [6, 6.07) is 98.5. The van der Waals surface area contributed by atoms with E-state index in [0.29, 0.717) is 5.82 Å². The molecule has 0 aliphatic heterocycles. The molecule has 0 aliphatic rings. The molecule has 2 heterocycles. The summed E-state index contributed by atoms with van der Waals surface area (Å²) in [5.74, 6) is 0.698. The lowest BCUT2D eigenvalue weighted by atomic mass is 9.88. The molecule has 0 atom stereocenters. The van der Waals surface area contributed by atoms with Crippen molar-refractivity contribution in [2.75, 3.05) is 0 Å². The van der Waals surface area contributed by atoms with Crippen LogP contribution in [0, 0.1) is 0 Å². The standard InChI is InChI=1S/C70H45N3.C2H6/c1-4-16-46(17-5-1)48-30-32-50(33-31-48)65-45-66(72-70(71-65)51-20-8-3-9-21-51)55-23-14-22-52(42-55)53-36-40-62-63(43-53)59-25-11-10-24-58(59)61-28-15-27-57(69(61)62)54-37-41-68-64(44-54)60-26-12-13-29-67(60)73(68)56-38-34-49(35-39-56)47-18-6-2-7-19-47;1-2/h1-45H;1-2H3. The number of rotatable bonds is 8. The van der Waals surface area contributed by atoms with Gasteiger partial charge in [0.05, 0.1) is 22.4 Å². The first kappa shape index (κ1) is 45.2. The number of fused-ring (bicyclic) bond motifs is 9. The average molecular weight is 958 g/mol. The van der Waals surface area contributed by atoms with Crippen LogP contribution in [0.25, 0.3) is 138 Å². The van der Waals surface area contributed by atoms with E-state index < -0.39 is 0 Å². The van der Waals surface area contributed by atoms with E-state index >= 15 is 0 Å². The third kappa shape index (κ3) is 8.21. The first-order valence-corrected chi connectivity index (χ1v) is 26.0. The second-order valence-electron chi connectivity index (χ2n) is 18.9. The Bertz CT molecular complexity index is 4390. The topological polar surface area (TPSA) is 30.7 Å². The van der Waals surface area contributed by atoms with Gasteiger partial charge in [-0.25, -0.2) is 9.97 Å². The quantitative estimate of drug-likeness (QED) is 0.142. The normalized spacial score (nSPS) is 11.3. The molecule has 3 heteroatoms. The van der Waals surface area contributed by atoms with E-state index in [4.69, 9.17) is 9.97 Å². The van der Waals surface area contributed by atoms with Crippen molar-refractivity contribution < 1.29 is 0 Å². The van der Waals surface area contributed by atoms with E-state index in [-0.39, 0.29) is 0 Å². The van der Waals surface area contributed by atoms with Crippen LogP contribution in [0.1, 0.15) is 13.8 Å². The Morgan fingerprint density at radius 1 is 0.253 bits per heavy atom.